The maximum atomic E-state index is 12.0. The Morgan fingerprint density at radius 1 is 1.17 bits per heavy atom. The predicted molar refractivity (Wildman–Crippen MR) is 74.1 cm³/mol. The summed E-state index contributed by atoms with van der Waals surface area (Å²) < 4.78 is 0. The van der Waals surface area contributed by atoms with Crippen molar-refractivity contribution in [2.24, 2.45) is 17.6 Å². The Morgan fingerprint density at radius 3 is 2.44 bits per heavy atom. The third-order valence-electron chi connectivity index (χ3n) is 4.95. The van der Waals surface area contributed by atoms with Crippen LogP contribution in [-0.2, 0) is 4.79 Å². The lowest BCUT2D eigenvalue weighted by atomic mass is 9.84. The van der Waals surface area contributed by atoms with Crippen molar-refractivity contribution < 1.29 is 4.79 Å². The number of carbonyl (C=O) groups excluding carboxylic acids is 1. The van der Waals surface area contributed by atoms with E-state index < -0.39 is 0 Å². The van der Waals surface area contributed by atoms with E-state index in [1.807, 2.05) is 0 Å². The van der Waals surface area contributed by atoms with Gasteiger partial charge in [-0.1, -0.05) is 19.8 Å². The van der Waals surface area contributed by atoms with Crippen molar-refractivity contribution >= 4 is 5.91 Å². The highest BCUT2D eigenvalue weighted by atomic mass is 16.1. The standard InChI is InChI=1S/C15H28N2O/c1-2-11-6-8-13(9-7-11)17-15(18)10-12-4-3-5-14(12)16/h11-14H,2-10,16H2,1H3,(H,17,18)/t11?,12-,13?,14+/m0/s1. The van der Waals surface area contributed by atoms with Gasteiger partial charge >= 0.3 is 0 Å². The molecule has 0 aromatic carbocycles. The van der Waals surface area contributed by atoms with Gasteiger partial charge in [-0.05, 0) is 50.4 Å². The van der Waals surface area contributed by atoms with Crippen LogP contribution in [0, 0.1) is 11.8 Å². The largest absolute Gasteiger partial charge is 0.353 e. The van der Waals surface area contributed by atoms with E-state index in [0.717, 1.165) is 18.8 Å². The molecule has 2 aliphatic rings. The van der Waals surface area contributed by atoms with Crippen molar-refractivity contribution in [3.8, 4) is 0 Å². The molecule has 0 aromatic rings. The van der Waals surface area contributed by atoms with E-state index in [1.54, 1.807) is 0 Å². The summed E-state index contributed by atoms with van der Waals surface area (Å²) in [6.45, 7) is 2.27. The monoisotopic (exact) mass is 252 g/mol. The smallest absolute Gasteiger partial charge is 0.220 e. The number of rotatable bonds is 4. The summed E-state index contributed by atoms with van der Waals surface area (Å²) >= 11 is 0. The first-order valence-electron chi connectivity index (χ1n) is 7.74. The third kappa shape index (κ3) is 3.71. The third-order valence-corrected chi connectivity index (χ3v) is 4.95. The zero-order valence-electron chi connectivity index (χ0n) is 11.7. The second kappa shape index (κ2) is 6.55. The lowest BCUT2D eigenvalue weighted by Crippen LogP contribution is -2.39. The van der Waals surface area contributed by atoms with Crippen molar-refractivity contribution in [1.82, 2.24) is 5.32 Å². The number of carbonyl (C=O) groups is 1. The summed E-state index contributed by atoms with van der Waals surface area (Å²) in [6.07, 6.45) is 10.3. The highest BCUT2D eigenvalue weighted by Crippen LogP contribution is 2.28. The van der Waals surface area contributed by atoms with E-state index in [0.29, 0.717) is 18.4 Å². The summed E-state index contributed by atoms with van der Waals surface area (Å²) in [5, 5.41) is 3.22. The van der Waals surface area contributed by atoms with Crippen LogP contribution in [0.25, 0.3) is 0 Å². The molecule has 0 saturated heterocycles. The molecule has 104 valence electrons. The van der Waals surface area contributed by atoms with E-state index in [2.05, 4.69) is 12.2 Å². The quantitative estimate of drug-likeness (QED) is 0.808. The van der Waals surface area contributed by atoms with Crippen LogP contribution >= 0.6 is 0 Å². The molecule has 3 nitrogen and oxygen atoms in total. The molecule has 18 heavy (non-hydrogen) atoms. The van der Waals surface area contributed by atoms with Crippen molar-refractivity contribution in [3.63, 3.8) is 0 Å². The minimum absolute atomic E-state index is 0.234. The van der Waals surface area contributed by atoms with Crippen molar-refractivity contribution in [1.29, 1.82) is 0 Å². The van der Waals surface area contributed by atoms with Crippen LogP contribution in [0.4, 0.5) is 0 Å². The van der Waals surface area contributed by atoms with Crippen LogP contribution in [0.3, 0.4) is 0 Å². The number of hydrogen-bond donors (Lipinski definition) is 2. The van der Waals surface area contributed by atoms with Crippen molar-refractivity contribution in [3.05, 3.63) is 0 Å². The number of nitrogens with two attached hydrogens (primary N) is 1. The summed E-state index contributed by atoms with van der Waals surface area (Å²) in [5.74, 6) is 1.55. The molecule has 0 unspecified atom stereocenters. The molecule has 0 aliphatic heterocycles. The Hall–Kier alpha value is -0.570. The Labute approximate surface area is 111 Å². The van der Waals surface area contributed by atoms with Gasteiger partial charge in [0.1, 0.15) is 0 Å². The molecule has 0 spiro atoms. The zero-order valence-corrected chi connectivity index (χ0v) is 11.7. The van der Waals surface area contributed by atoms with Gasteiger partial charge in [0.15, 0.2) is 0 Å². The van der Waals surface area contributed by atoms with Crippen molar-refractivity contribution in [2.45, 2.75) is 76.8 Å². The van der Waals surface area contributed by atoms with Gasteiger partial charge < -0.3 is 11.1 Å². The van der Waals surface area contributed by atoms with Gasteiger partial charge in [-0.25, -0.2) is 0 Å². The van der Waals surface area contributed by atoms with E-state index in [4.69, 9.17) is 5.73 Å². The molecule has 0 radical (unpaired) electrons. The molecule has 2 atom stereocenters. The molecule has 3 N–H and O–H groups in total. The van der Waals surface area contributed by atoms with Crippen LogP contribution in [0.2, 0.25) is 0 Å². The van der Waals surface area contributed by atoms with Gasteiger partial charge in [0.2, 0.25) is 5.91 Å². The van der Waals surface area contributed by atoms with Crippen LogP contribution in [-0.4, -0.2) is 18.0 Å². The predicted octanol–water partition coefficient (Wildman–Crippen LogP) is 2.59. The number of hydrogen-bond acceptors (Lipinski definition) is 2. The molecule has 2 fully saturated rings. The highest BCUT2D eigenvalue weighted by Gasteiger charge is 2.27. The fraction of sp³-hybridized carbons (Fsp3) is 0.933. The molecular weight excluding hydrogens is 224 g/mol. The molecule has 3 heteroatoms. The van der Waals surface area contributed by atoms with Crippen molar-refractivity contribution in [2.75, 3.05) is 0 Å². The summed E-state index contributed by atoms with van der Waals surface area (Å²) in [4.78, 5) is 12.0. The Kier molecular flexibility index (Phi) is 5.04. The van der Waals surface area contributed by atoms with Crippen LogP contribution in [0.15, 0.2) is 0 Å². The van der Waals surface area contributed by atoms with Gasteiger partial charge in [0.25, 0.3) is 0 Å². The molecule has 0 aromatic heterocycles. The van der Waals surface area contributed by atoms with Crippen LogP contribution in [0.5, 0.6) is 0 Å². The molecule has 2 aliphatic carbocycles. The fourth-order valence-electron chi connectivity index (χ4n) is 3.56. The van der Waals surface area contributed by atoms with Gasteiger partial charge in [-0.15, -0.1) is 0 Å². The maximum Gasteiger partial charge on any atom is 0.220 e. The Bertz CT molecular complexity index is 272. The zero-order chi connectivity index (χ0) is 13.0. The first kappa shape index (κ1) is 13.9. The lowest BCUT2D eigenvalue weighted by Gasteiger charge is -2.29. The normalized spacial score (nSPS) is 36.6. The SMILES string of the molecule is CCC1CCC(NC(=O)C[C@@H]2CCC[C@H]2N)CC1. The number of nitrogens with one attached hydrogen (secondary N) is 1. The van der Waals surface area contributed by atoms with Gasteiger partial charge in [-0.2, -0.15) is 0 Å². The number of amides is 1. The first-order chi connectivity index (χ1) is 8.69. The highest BCUT2D eigenvalue weighted by molar-refractivity contribution is 5.76. The van der Waals surface area contributed by atoms with E-state index in [-0.39, 0.29) is 11.9 Å². The summed E-state index contributed by atoms with van der Waals surface area (Å²) in [7, 11) is 0. The first-order valence-corrected chi connectivity index (χ1v) is 7.74. The topological polar surface area (TPSA) is 55.1 Å². The minimum atomic E-state index is 0.234. The Balaban J connectivity index is 1.68. The van der Waals surface area contributed by atoms with E-state index in [9.17, 15) is 4.79 Å². The second-order valence-corrected chi connectivity index (χ2v) is 6.25. The summed E-state index contributed by atoms with van der Waals surface area (Å²) in [5.41, 5.74) is 6.02. The van der Waals surface area contributed by atoms with E-state index in [1.165, 1.54) is 38.5 Å². The maximum absolute atomic E-state index is 12.0. The van der Waals surface area contributed by atoms with Gasteiger partial charge in [-0.3, -0.25) is 4.79 Å². The molecule has 0 bridgehead atoms. The fourth-order valence-corrected chi connectivity index (χ4v) is 3.56. The van der Waals surface area contributed by atoms with Gasteiger partial charge in [0, 0.05) is 18.5 Å². The second-order valence-electron chi connectivity index (χ2n) is 6.25. The molecule has 2 saturated carbocycles. The van der Waals surface area contributed by atoms with Crippen LogP contribution in [0.1, 0.15) is 64.7 Å². The average Bonchev–Trinajstić information content (AvgIpc) is 2.76. The molecule has 2 rings (SSSR count). The molecule has 1 amide bonds. The van der Waals surface area contributed by atoms with Crippen LogP contribution < -0.4 is 11.1 Å². The summed E-state index contributed by atoms with van der Waals surface area (Å²) in [6, 6.07) is 0.685. The molecule has 0 heterocycles. The lowest BCUT2D eigenvalue weighted by molar-refractivity contribution is -0.123. The Morgan fingerprint density at radius 2 is 1.89 bits per heavy atom. The van der Waals surface area contributed by atoms with E-state index >= 15 is 0 Å². The molecular formula is C15H28N2O. The minimum Gasteiger partial charge on any atom is -0.353 e. The average molecular weight is 252 g/mol. The van der Waals surface area contributed by atoms with Gasteiger partial charge in [0.05, 0.1) is 0 Å².